The number of carbonyl (C=O) groups excluding carboxylic acids is 3. The molecule has 8 heteroatoms. The molecule has 0 aliphatic carbocycles. The van der Waals surface area contributed by atoms with Gasteiger partial charge in [-0.3, -0.25) is 19.3 Å². The van der Waals surface area contributed by atoms with Crippen molar-refractivity contribution in [2.75, 3.05) is 5.32 Å². The summed E-state index contributed by atoms with van der Waals surface area (Å²) >= 11 is 0. The Morgan fingerprint density at radius 2 is 1.45 bits per heavy atom. The average Bonchev–Trinajstić information content (AvgIpc) is 2.99. The quantitative estimate of drug-likeness (QED) is 0.615. The van der Waals surface area contributed by atoms with Crippen molar-refractivity contribution in [3.8, 4) is 0 Å². The van der Waals surface area contributed by atoms with Crippen LogP contribution in [0.3, 0.4) is 0 Å². The Balaban J connectivity index is 1.58. The second kappa shape index (κ2) is 7.71. The van der Waals surface area contributed by atoms with Gasteiger partial charge in [-0.1, -0.05) is 36.4 Å². The van der Waals surface area contributed by atoms with Crippen molar-refractivity contribution in [2.24, 2.45) is 0 Å². The first-order chi connectivity index (χ1) is 14.8. The van der Waals surface area contributed by atoms with E-state index in [9.17, 15) is 27.6 Å². The first-order valence-corrected chi connectivity index (χ1v) is 9.27. The first kappa shape index (κ1) is 20.3. The van der Waals surface area contributed by atoms with E-state index in [4.69, 9.17) is 0 Å². The van der Waals surface area contributed by atoms with Crippen LogP contribution in [0, 0.1) is 0 Å². The van der Waals surface area contributed by atoms with Crippen molar-refractivity contribution in [3.63, 3.8) is 0 Å². The maximum absolute atomic E-state index is 12.9. The number of imide groups is 1. The number of halogens is 3. The highest BCUT2D eigenvalue weighted by molar-refractivity contribution is 6.21. The maximum atomic E-state index is 12.9. The van der Waals surface area contributed by atoms with Gasteiger partial charge in [0.2, 0.25) is 0 Å². The number of benzene rings is 3. The lowest BCUT2D eigenvalue weighted by Gasteiger charge is -2.17. The van der Waals surface area contributed by atoms with E-state index in [0.717, 1.165) is 17.0 Å². The molecule has 0 aromatic heterocycles. The number of nitrogens with one attached hydrogen (secondary N) is 1. The molecule has 1 N–H and O–H groups in total. The van der Waals surface area contributed by atoms with Crippen LogP contribution >= 0.6 is 0 Å². The highest BCUT2D eigenvalue weighted by Gasteiger charge is 2.35. The summed E-state index contributed by atoms with van der Waals surface area (Å²) in [4.78, 5) is 39.0. The monoisotopic (exact) mass is 424 g/mol. The highest BCUT2D eigenvalue weighted by atomic mass is 19.4. The number of nitrogens with zero attached hydrogens (tertiary/aromatic N) is 1. The number of alkyl halides is 3. The van der Waals surface area contributed by atoms with Gasteiger partial charge in [0.1, 0.15) is 0 Å². The molecule has 0 bridgehead atoms. The van der Waals surface area contributed by atoms with Crippen molar-refractivity contribution < 1.29 is 27.6 Å². The third kappa shape index (κ3) is 3.92. The molecule has 0 spiro atoms. The van der Waals surface area contributed by atoms with Gasteiger partial charge in [0.15, 0.2) is 0 Å². The second-order valence-corrected chi connectivity index (χ2v) is 6.93. The van der Waals surface area contributed by atoms with Crippen molar-refractivity contribution in [1.82, 2.24) is 4.90 Å². The molecular formula is C23H15F3N2O3. The summed E-state index contributed by atoms with van der Waals surface area (Å²) in [5.41, 5.74) is 0.217. The molecule has 4 rings (SSSR count). The van der Waals surface area contributed by atoms with Gasteiger partial charge in [0, 0.05) is 11.3 Å². The Hall–Kier alpha value is -3.94. The van der Waals surface area contributed by atoms with Gasteiger partial charge in [-0.15, -0.1) is 0 Å². The lowest BCUT2D eigenvalue weighted by Crippen LogP contribution is -2.30. The predicted octanol–water partition coefficient (Wildman–Crippen LogP) is 4.75. The molecule has 5 nitrogen and oxygen atoms in total. The molecule has 0 atom stereocenters. The molecule has 0 fully saturated rings. The highest BCUT2D eigenvalue weighted by Crippen LogP contribution is 2.31. The van der Waals surface area contributed by atoms with Crippen LogP contribution in [-0.4, -0.2) is 22.6 Å². The van der Waals surface area contributed by atoms with Gasteiger partial charge >= 0.3 is 6.18 Å². The summed E-state index contributed by atoms with van der Waals surface area (Å²) in [6, 6.07) is 17.0. The fraction of sp³-hybridized carbons (Fsp3) is 0.0870. The van der Waals surface area contributed by atoms with Crippen molar-refractivity contribution in [1.29, 1.82) is 0 Å². The number of hydrogen-bond acceptors (Lipinski definition) is 3. The van der Waals surface area contributed by atoms with Crippen molar-refractivity contribution in [3.05, 3.63) is 101 Å². The van der Waals surface area contributed by atoms with Crippen LogP contribution in [0.15, 0.2) is 72.8 Å². The third-order valence-electron chi connectivity index (χ3n) is 4.92. The van der Waals surface area contributed by atoms with Gasteiger partial charge in [-0.05, 0) is 42.0 Å². The van der Waals surface area contributed by atoms with E-state index >= 15 is 0 Å². The van der Waals surface area contributed by atoms with Gasteiger partial charge in [0.05, 0.1) is 23.2 Å². The molecule has 3 aromatic rings. The molecule has 1 heterocycles. The lowest BCUT2D eigenvalue weighted by atomic mass is 10.1. The van der Waals surface area contributed by atoms with E-state index in [-0.39, 0.29) is 17.8 Å². The van der Waals surface area contributed by atoms with E-state index in [2.05, 4.69) is 5.32 Å². The maximum Gasteiger partial charge on any atom is 0.416 e. The smallest absolute Gasteiger partial charge is 0.322 e. The topological polar surface area (TPSA) is 66.5 Å². The third-order valence-corrected chi connectivity index (χ3v) is 4.92. The van der Waals surface area contributed by atoms with E-state index in [0.29, 0.717) is 16.7 Å². The van der Waals surface area contributed by atoms with Crippen molar-refractivity contribution in [2.45, 2.75) is 12.7 Å². The van der Waals surface area contributed by atoms with Crippen LogP contribution in [0.2, 0.25) is 0 Å². The number of fused-ring (bicyclic) bond motifs is 1. The SMILES string of the molecule is O=C(Nc1cccc(C(F)(F)F)c1)c1ccccc1CN1C(=O)c2ccccc2C1=O. The zero-order valence-electron chi connectivity index (χ0n) is 15.9. The van der Waals surface area contributed by atoms with Crippen LogP contribution in [0.4, 0.5) is 18.9 Å². The van der Waals surface area contributed by atoms with E-state index in [1.807, 2.05) is 0 Å². The van der Waals surface area contributed by atoms with Crippen LogP contribution in [-0.2, 0) is 12.7 Å². The molecule has 3 aromatic carbocycles. The Labute approximate surface area is 175 Å². The molecule has 1 aliphatic rings. The normalized spacial score (nSPS) is 13.3. The molecule has 3 amide bonds. The number of anilines is 1. The molecular weight excluding hydrogens is 409 g/mol. The van der Waals surface area contributed by atoms with Gasteiger partial charge in [-0.25, -0.2) is 0 Å². The fourth-order valence-corrected chi connectivity index (χ4v) is 3.40. The lowest BCUT2D eigenvalue weighted by molar-refractivity contribution is -0.137. The Bertz CT molecular complexity index is 1170. The predicted molar refractivity (Wildman–Crippen MR) is 106 cm³/mol. The number of hydrogen-bond donors (Lipinski definition) is 1. The van der Waals surface area contributed by atoms with E-state index < -0.39 is 29.5 Å². The average molecular weight is 424 g/mol. The number of amides is 3. The van der Waals surface area contributed by atoms with Crippen LogP contribution in [0.25, 0.3) is 0 Å². The Kier molecular flexibility index (Phi) is 5.06. The van der Waals surface area contributed by atoms with Gasteiger partial charge in [0.25, 0.3) is 17.7 Å². The summed E-state index contributed by atoms with van der Waals surface area (Å²) in [7, 11) is 0. The van der Waals surface area contributed by atoms with Crippen molar-refractivity contribution >= 4 is 23.4 Å². The summed E-state index contributed by atoms with van der Waals surface area (Å²) in [6.45, 7) is -0.140. The van der Waals surface area contributed by atoms with Gasteiger partial charge in [-0.2, -0.15) is 13.2 Å². The minimum Gasteiger partial charge on any atom is -0.322 e. The van der Waals surface area contributed by atoms with E-state index in [1.54, 1.807) is 42.5 Å². The number of rotatable bonds is 4. The summed E-state index contributed by atoms with van der Waals surface area (Å²) in [6.07, 6.45) is -4.54. The number of carbonyl (C=O) groups is 3. The largest absolute Gasteiger partial charge is 0.416 e. The molecule has 1 aliphatic heterocycles. The minimum atomic E-state index is -4.54. The summed E-state index contributed by atoms with van der Waals surface area (Å²) in [5, 5.41) is 2.45. The second-order valence-electron chi connectivity index (χ2n) is 6.93. The standard InChI is InChI=1S/C23H15F3N2O3/c24-23(25,26)15-7-5-8-16(12-15)27-20(29)17-9-2-1-6-14(17)13-28-21(30)18-10-3-4-11-19(18)22(28)31/h1-12H,13H2,(H,27,29). The molecule has 156 valence electrons. The summed E-state index contributed by atoms with van der Waals surface area (Å²) in [5.74, 6) is -1.58. The zero-order chi connectivity index (χ0) is 22.2. The van der Waals surface area contributed by atoms with Crippen LogP contribution in [0.5, 0.6) is 0 Å². The molecule has 0 saturated heterocycles. The zero-order valence-corrected chi connectivity index (χ0v) is 15.9. The first-order valence-electron chi connectivity index (χ1n) is 9.27. The fourth-order valence-electron chi connectivity index (χ4n) is 3.40. The van der Waals surface area contributed by atoms with Crippen LogP contribution in [0.1, 0.15) is 42.2 Å². The van der Waals surface area contributed by atoms with E-state index in [1.165, 1.54) is 18.2 Å². The molecule has 0 unspecified atom stereocenters. The summed E-state index contributed by atoms with van der Waals surface area (Å²) < 4.78 is 38.8. The van der Waals surface area contributed by atoms with Gasteiger partial charge < -0.3 is 5.32 Å². The Morgan fingerprint density at radius 3 is 2.10 bits per heavy atom. The molecule has 31 heavy (non-hydrogen) atoms. The molecule has 0 saturated carbocycles. The Morgan fingerprint density at radius 1 is 0.839 bits per heavy atom. The van der Waals surface area contributed by atoms with Crippen LogP contribution < -0.4 is 5.32 Å². The minimum absolute atomic E-state index is 0.0182. The molecule has 0 radical (unpaired) electrons.